The fourth-order valence-electron chi connectivity index (χ4n) is 10.8. The lowest BCUT2D eigenvalue weighted by molar-refractivity contribution is 0.636. The van der Waals surface area contributed by atoms with Crippen molar-refractivity contribution in [1.82, 2.24) is 0 Å². The van der Waals surface area contributed by atoms with Crippen molar-refractivity contribution in [1.29, 1.82) is 0 Å². The van der Waals surface area contributed by atoms with Gasteiger partial charge in [-0.2, -0.15) is 0 Å². The minimum Gasteiger partial charge on any atom is -0.455 e. The van der Waals surface area contributed by atoms with E-state index in [0.717, 1.165) is 44.5 Å². The number of furan rings is 1. The molecule has 0 amide bonds. The topological polar surface area (TPSA) is 16.4 Å². The quantitative estimate of drug-likeness (QED) is 0.166. The maximum absolute atomic E-state index is 6.96. The summed E-state index contributed by atoms with van der Waals surface area (Å²) in [6, 6.07) is 82.0. The van der Waals surface area contributed by atoms with E-state index in [4.69, 9.17) is 4.42 Å². The van der Waals surface area contributed by atoms with Gasteiger partial charge >= 0.3 is 0 Å². The van der Waals surface area contributed by atoms with Crippen molar-refractivity contribution < 1.29 is 4.42 Å². The Bertz CT molecular complexity index is 3430. The molecular weight excluding hydrogens is 739 g/mol. The Morgan fingerprint density at radius 2 is 0.852 bits per heavy atom. The molecule has 0 N–H and O–H groups in total. The molecule has 0 radical (unpaired) electrons. The van der Waals surface area contributed by atoms with Crippen LogP contribution in [0.1, 0.15) is 22.3 Å². The predicted octanol–water partition coefficient (Wildman–Crippen LogP) is 15.9. The van der Waals surface area contributed by atoms with Crippen molar-refractivity contribution in [3.63, 3.8) is 0 Å². The molecule has 0 unspecified atom stereocenters. The average Bonchev–Trinajstić information content (AvgIpc) is 3.88. The van der Waals surface area contributed by atoms with E-state index in [-0.39, 0.29) is 0 Å². The molecule has 0 saturated heterocycles. The van der Waals surface area contributed by atoms with E-state index >= 15 is 0 Å². The summed E-state index contributed by atoms with van der Waals surface area (Å²) in [6.45, 7) is 0. The number of benzene rings is 10. The number of fused-ring (bicyclic) bond motifs is 15. The zero-order chi connectivity index (χ0) is 40.1. The van der Waals surface area contributed by atoms with Crippen molar-refractivity contribution in [3.8, 4) is 44.7 Å². The SMILES string of the molecule is c1ccc(-c2oc3c4ccccc4c4cc(-c5ccc(N6c7ccccc7C7(c8ccccc8-c8ccccc87)c7ccccc76)cc5)ccc4c3c2-c2ccccc2)cc1. The van der Waals surface area contributed by atoms with Crippen LogP contribution in [0.5, 0.6) is 0 Å². The molecule has 2 heterocycles. The molecular formula is C59H37NO. The lowest BCUT2D eigenvalue weighted by Gasteiger charge is -2.45. The van der Waals surface area contributed by atoms with E-state index in [2.05, 4.69) is 229 Å². The van der Waals surface area contributed by atoms with E-state index in [1.807, 2.05) is 0 Å². The summed E-state index contributed by atoms with van der Waals surface area (Å²) in [6.07, 6.45) is 0. The standard InChI is InChI=1S/C59H37NO/c1-3-17-39(18-4-1)55-56-46-36-33-41(37-48(46)43-21-7-8-24-47(43)58(56)61-57(55)40-19-5-2-6-20-40)38-31-34-42(35-32-38)60-53-29-15-13-27-51(53)59(52-28-14-16-30-54(52)60)49-25-11-9-22-44(49)45-23-10-12-26-50(45)59/h1-37H. The van der Waals surface area contributed by atoms with Crippen molar-refractivity contribution in [2.45, 2.75) is 5.41 Å². The Hall–Kier alpha value is -7.94. The fraction of sp³-hybridized carbons (Fsp3) is 0.0169. The molecule has 10 aromatic carbocycles. The summed E-state index contributed by atoms with van der Waals surface area (Å²) >= 11 is 0. The Morgan fingerprint density at radius 1 is 0.344 bits per heavy atom. The highest BCUT2D eigenvalue weighted by Crippen LogP contribution is 2.63. The number of hydrogen-bond acceptors (Lipinski definition) is 2. The molecule has 0 saturated carbocycles. The maximum Gasteiger partial charge on any atom is 0.143 e. The number of nitrogens with zero attached hydrogens (tertiary/aromatic N) is 1. The second kappa shape index (κ2) is 13.0. The van der Waals surface area contributed by atoms with Crippen molar-refractivity contribution in [2.75, 3.05) is 4.90 Å². The molecule has 61 heavy (non-hydrogen) atoms. The second-order valence-corrected chi connectivity index (χ2v) is 16.3. The summed E-state index contributed by atoms with van der Waals surface area (Å²) in [5, 5.41) is 5.84. The van der Waals surface area contributed by atoms with E-state index in [9.17, 15) is 0 Å². The Balaban J connectivity index is 0.974. The van der Waals surface area contributed by atoms with Gasteiger partial charge in [0.2, 0.25) is 0 Å². The van der Waals surface area contributed by atoms with Crippen LogP contribution in [0.2, 0.25) is 0 Å². The summed E-state index contributed by atoms with van der Waals surface area (Å²) in [5.41, 5.74) is 17.6. The van der Waals surface area contributed by atoms with Crippen LogP contribution in [-0.4, -0.2) is 0 Å². The Labute approximate surface area is 354 Å². The predicted molar refractivity (Wildman–Crippen MR) is 253 cm³/mol. The third-order valence-corrected chi connectivity index (χ3v) is 13.3. The van der Waals surface area contributed by atoms with Gasteiger partial charge in [-0.05, 0) is 96.6 Å². The summed E-state index contributed by atoms with van der Waals surface area (Å²) < 4.78 is 6.96. The van der Waals surface area contributed by atoms with Crippen molar-refractivity contribution in [3.05, 3.63) is 247 Å². The van der Waals surface area contributed by atoms with Gasteiger partial charge in [-0.3, -0.25) is 0 Å². The molecule has 2 aliphatic rings. The van der Waals surface area contributed by atoms with Crippen LogP contribution in [0.3, 0.4) is 0 Å². The average molecular weight is 776 g/mol. The van der Waals surface area contributed by atoms with Gasteiger partial charge in [-0.1, -0.05) is 194 Å². The van der Waals surface area contributed by atoms with Crippen LogP contribution < -0.4 is 4.90 Å². The van der Waals surface area contributed by atoms with Crippen LogP contribution in [0.25, 0.3) is 77.2 Å². The normalized spacial score (nSPS) is 13.3. The molecule has 1 aliphatic carbocycles. The largest absolute Gasteiger partial charge is 0.455 e. The highest BCUT2D eigenvalue weighted by atomic mass is 16.3. The van der Waals surface area contributed by atoms with Crippen molar-refractivity contribution >= 4 is 49.6 Å². The Morgan fingerprint density at radius 3 is 1.49 bits per heavy atom. The minimum atomic E-state index is -0.423. The highest BCUT2D eigenvalue weighted by Gasteiger charge is 2.51. The van der Waals surface area contributed by atoms with Gasteiger partial charge in [0, 0.05) is 27.6 Å². The zero-order valence-corrected chi connectivity index (χ0v) is 33.2. The molecule has 11 aromatic rings. The van der Waals surface area contributed by atoms with Crippen LogP contribution in [0, 0.1) is 0 Å². The number of para-hydroxylation sites is 2. The third-order valence-electron chi connectivity index (χ3n) is 13.3. The molecule has 1 spiro atoms. The van der Waals surface area contributed by atoms with Gasteiger partial charge < -0.3 is 9.32 Å². The zero-order valence-electron chi connectivity index (χ0n) is 33.2. The highest BCUT2D eigenvalue weighted by molar-refractivity contribution is 6.29. The summed E-state index contributed by atoms with van der Waals surface area (Å²) in [5.74, 6) is 0.896. The van der Waals surface area contributed by atoms with Gasteiger partial charge in [0.15, 0.2) is 0 Å². The van der Waals surface area contributed by atoms with E-state index in [1.165, 1.54) is 72.0 Å². The summed E-state index contributed by atoms with van der Waals surface area (Å²) in [7, 11) is 0. The lowest BCUT2D eigenvalue weighted by atomic mass is 9.64. The first-order chi connectivity index (χ1) is 30.3. The first kappa shape index (κ1) is 34.0. The first-order valence-corrected chi connectivity index (χ1v) is 21.1. The smallest absolute Gasteiger partial charge is 0.143 e. The molecule has 284 valence electrons. The van der Waals surface area contributed by atoms with Gasteiger partial charge in [0.25, 0.3) is 0 Å². The molecule has 0 atom stereocenters. The van der Waals surface area contributed by atoms with Crippen LogP contribution in [0.15, 0.2) is 229 Å². The molecule has 13 rings (SSSR count). The van der Waals surface area contributed by atoms with Crippen LogP contribution >= 0.6 is 0 Å². The van der Waals surface area contributed by atoms with E-state index in [1.54, 1.807) is 0 Å². The molecule has 2 nitrogen and oxygen atoms in total. The second-order valence-electron chi connectivity index (χ2n) is 16.3. The van der Waals surface area contributed by atoms with E-state index in [0.29, 0.717) is 0 Å². The molecule has 2 heteroatoms. The Kier molecular flexibility index (Phi) is 7.26. The number of hydrogen-bond donors (Lipinski definition) is 0. The molecule has 1 aliphatic heterocycles. The van der Waals surface area contributed by atoms with Gasteiger partial charge in [-0.15, -0.1) is 0 Å². The first-order valence-electron chi connectivity index (χ1n) is 21.1. The monoisotopic (exact) mass is 775 g/mol. The van der Waals surface area contributed by atoms with E-state index < -0.39 is 5.41 Å². The summed E-state index contributed by atoms with van der Waals surface area (Å²) in [4.78, 5) is 2.46. The van der Waals surface area contributed by atoms with Gasteiger partial charge in [0.05, 0.1) is 16.8 Å². The third kappa shape index (κ3) is 4.73. The molecule has 0 bridgehead atoms. The number of rotatable bonds is 4. The molecule has 1 aromatic heterocycles. The van der Waals surface area contributed by atoms with Crippen LogP contribution in [0.4, 0.5) is 17.1 Å². The minimum absolute atomic E-state index is 0.423. The fourth-order valence-corrected chi connectivity index (χ4v) is 10.8. The molecule has 0 fully saturated rings. The maximum atomic E-state index is 6.96. The number of anilines is 3. The lowest BCUT2D eigenvalue weighted by Crippen LogP contribution is -2.36. The van der Waals surface area contributed by atoms with Gasteiger partial charge in [0.1, 0.15) is 11.3 Å². The van der Waals surface area contributed by atoms with Crippen molar-refractivity contribution in [2.24, 2.45) is 0 Å². The van der Waals surface area contributed by atoms with Crippen LogP contribution in [-0.2, 0) is 5.41 Å². The van der Waals surface area contributed by atoms with Gasteiger partial charge in [-0.25, -0.2) is 0 Å².